The van der Waals surface area contributed by atoms with Crippen LogP contribution in [-0.2, 0) is 11.2 Å². The summed E-state index contributed by atoms with van der Waals surface area (Å²) in [6.45, 7) is 3.12. The zero-order chi connectivity index (χ0) is 12.7. The van der Waals surface area contributed by atoms with E-state index in [2.05, 4.69) is 0 Å². The fourth-order valence-electron chi connectivity index (χ4n) is 1.62. The van der Waals surface area contributed by atoms with Gasteiger partial charge in [-0.2, -0.15) is 0 Å². The Kier molecular flexibility index (Phi) is 5.80. The Bertz CT molecular complexity index is 341. The van der Waals surface area contributed by atoms with Crippen LogP contribution in [0.15, 0.2) is 18.2 Å². The summed E-state index contributed by atoms with van der Waals surface area (Å²) >= 11 is 0. The molecule has 1 rings (SSSR count). The maximum absolute atomic E-state index is 5.82. The number of nitrogens with two attached hydrogens (primary N) is 1. The lowest BCUT2D eigenvalue weighted by atomic mass is 10.1. The molecule has 0 aliphatic rings. The van der Waals surface area contributed by atoms with Crippen molar-refractivity contribution in [2.75, 3.05) is 27.4 Å². The monoisotopic (exact) mass is 239 g/mol. The zero-order valence-corrected chi connectivity index (χ0v) is 10.7. The molecule has 0 bridgehead atoms. The Morgan fingerprint density at radius 1 is 1.29 bits per heavy atom. The van der Waals surface area contributed by atoms with Crippen LogP contribution in [0.3, 0.4) is 0 Å². The molecule has 0 aliphatic carbocycles. The molecule has 0 heterocycles. The minimum atomic E-state index is 0.00336. The third-order valence-corrected chi connectivity index (χ3v) is 2.42. The topological polar surface area (TPSA) is 53.7 Å². The molecule has 0 amide bonds. The number of rotatable bonds is 7. The van der Waals surface area contributed by atoms with E-state index in [1.54, 1.807) is 14.2 Å². The maximum atomic E-state index is 5.82. The Hall–Kier alpha value is -1.26. The first-order valence-electron chi connectivity index (χ1n) is 5.73. The molecule has 2 N–H and O–H groups in total. The molecule has 0 radical (unpaired) electrons. The summed E-state index contributed by atoms with van der Waals surface area (Å²) in [5, 5.41) is 0. The quantitative estimate of drug-likeness (QED) is 0.785. The third-order valence-electron chi connectivity index (χ3n) is 2.42. The fourth-order valence-corrected chi connectivity index (χ4v) is 1.62. The highest BCUT2D eigenvalue weighted by atomic mass is 16.5. The molecule has 0 spiro atoms. The average molecular weight is 239 g/mol. The van der Waals surface area contributed by atoms with Gasteiger partial charge in [0.2, 0.25) is 0 Å². The van der Waals surface area contributed by atoms with Crippen molar-refractivity contribution in [2.24, 2.45) is 5.73 Å². The van der Waals surface area contributed by atoms with Crippen LogP contribution in [0.4, 0.5) is 0 Å². The summed E-state index contributed by atoms with van der Waals surface area (Å²) in [5.41, 5.74) is 6.67. The van der Waals surface area contributed by atoms with Crippen molar-refractivity contribution < 1.29 is 14.2 Å². The molecule has 0 aromatic heterocycles. The maximum Gasteiger partial charge on any atom is 0.126 e. The fraction of sp³-hybridized carbons (Fsp3) is 0.538. The molecule has 0 fully saturated rings. The summed E-state index contributed by atoms with van der Waals surface area (Å²) < 4.78 is 16.1. The first-order valence-corrected chi connectivity index (χ1v) is 5.73. The molecule has 1 aromatic rings. The predicted octanol–water partition coefficient (Wildman–Crippen LogP) is 1.61. The molecule has 96 valence electrons. The van der Waals surface area contributed by atoms with Crippen LogP contribution in [-0.4, -0.2) is 33.5 Å². The van der Waals surface area contributed by atoms with E-state index in [0.717, 1.165) is 23.5 Å². The smallest absolute Gasteiger partial charge is 0.126 e. The van der Waals surface area contributed by atoms with Crippen molar-refractivity contribution in [3.05, 3.63) is 23.8 Å². The second-order valence-corrected chi connectivity index (χ2v) is 3.90. The van der Waals surface area contributed by atoms with Crippen LogP contribution >= 0.6 is 0 Å². The van der Waals surface area contributed by atoms with Crippen molar-refractivity contribution in [3.63, 3.8) is 0 Å². The second kappa shape index (κ2) is 7.14. The van der Waals surface area contributed by atoms with Crippen LogP contribution in [0.5, 0.6) is 11.5 Å². The van der Waals surface area contributed by atoms with Gasteiger partial charge in [0.25, 0.3) is 0 Å². The van der Waals surface area contributed by atoms with Crippen molar-refractivity contribution >= 4 is 0 Å². The average Bonchev–Trinajstić information content (AvgIpc) is 2.32. The first kappa shape index (κ1) is 13.8. The molecule has 1 unspecified atom stereocenters. The molecule has 1 atom stereocenters. The Morgan fingerprint density at radius 3 is 2.65 bits per heavy atom. The van der Waals surface area contributed by atoms with Gasteiger partial charge in [-0.1, -0.05) is 6.07 Å². The highest BCUT2D eigenvalue weighted by molar-refractivity contribution is 5.41. The highest BCUT2D eigenvalue weighted by Gasteiger charge is 2.09. The Labute approximate surface area is 103 Å². The van der Waals surface area contributed by atoms with Gasteiger partial charge >= 0.3 is 0 Å². The summed E-state index contributed by atoms with van der Waals surface area (Å²) in [6.07, 6.45) is 0.794. The van der Waals surface area contributed by atoms with Crippen molar-refractivity contribution in [2.45, 2.75) is 19.4 Å². The molecular weight excluding hydrogens is 218 g/mol. The minimum Gasteiger partial charge on any atom is -0.497 e. The van der Waals surface area contributed by atoms with Crippen LogP contribution in [0.1, 0.15) is 12.5 Å². The van der Waals surface area contributed by atoms with Gasteiger partial charge in [0, 0.05) is 13.2 Å². The molecule has 4 nitrogen and oxygen atoms in total. The standard InChI is InChI=1S/C13H21NO3/c1-10(9-15-2)17-13-8-12(16-3)5-4-11(13)6-7-14/h4-5,8,10H,6-7,9,14H2,1-3H3. The zero-order valence-electron chi connectivity index (χ0n) is 10.7. The van der Waals surface area contributed by atoms with E-state index in [4.69, 9.17) is 19.9 Å². The second-order valence-electron chi connectivity index (χ2n) is 3.90. The van der Waals surface area contributed by atoms with Crippen LogP contribution < -0.4 is 15.2 Å². The molecule has 4 heteroatoms. The van der Waals surface area contributed by atoms with Gasteiger partial charge in [-0.3, -0.25) is 0 Å². The summed E-state index contributed by atoms with van der Waals surface area (Å²) in [5.74, 6) is 1.60. The molecule has 0 saturated heterocycles. The third kappa shape index (κ3) is 4.24. The van der Waals surface area contributed by atoms with Crippen molar-refractivity contribution in [1.82, 2.24) is 0 Å². The number of hydrogen-bond acceptors (Lipinski definition) is 4. The SMILES string of the molecule is COCC(C)Oc1cc(OC)ccc1CCN. The summed E-state index contributed by atoms with van der Waals surface area (Å²) in [4.78, 5) is 0. The van der Waals surface area contributed by atoms with E-state index < -0.39 is 0 Å². The minimum absolute atomic E-state index is 0.00336. The number of methoxy groups -OCH3 is 2. The van der Waals surface area contributed by atoms with Crippen LogP contribution in [0, 0.1) is 0 Å². The van der Waals surface area contributed by atoms with Gasteiger partial charge in [-0.15, -0.1) is 0 Å². The van der Waals surface area contributed by atoms with E-state index in [-0.39, 0.29) is 6.10 Å². The molecular formula is C13H21NO3. The Morgan fingerprint density at radius 2 is 2.06 bits per heavy atom. The Balaban J connectivity index is 2.84. The largest absolute Gasteiger partial charge is 0.497 e. The van der Waals surface area contributed by atoms with E-state index in [0.29, 0.717) is 13.2 Å². The highest BCUT2D eigenvalue weighted by Crippen LogP contribution is 2.26. The molecule has 17 heavy (non-hydrogen) atoms. The van der Waals surface area contributed by atoms with Gasteiger partial charge in [-0.25, -0.2) is 0 Å². The lowest BCUT2D eigenvalue weighted by molar-refractivity contribution is 0.0912. The lowest BCUT2D eigenvalue weighted by Gasteiger charge is -2.17. The van der Waals surface area contributed by atoms with Gasteiger partial charge in [0.1, 0.15) is 17.6 Å². The first-order chi connectivity index (χ1) is 8.21. The van der Waals surface area contributed by atoms with E-state index in [9.17, 15) is 0 Å². The van der Waals surface area contributed by atoms with E-state index >= 15 is 0 Å². The molecule has 0 saturated carbocycles. The summed E-state index contributed by atoms with van der Waals surface area (Å²) in [7, 11) is 3.30. The molecule has 1 aromatic carbocycles. The van der Waals surface area contributed by atoms with Gasteiger partial charge in [-0.05, 0) is 31.5 Å². The predicted molar refractivity (Wildman–Crippen MR) is 67.7 cm³/mol. The lowest BCUT2D eigenvalue weighted by Crippen LogP contribution is -2.19. The van der Waals surface area contributed by atoms with Crippen molar-refractivity contribution in [1.29, 1.82) is 0 Å². The van der Waals surface area contributed by atoms with Gasteiger partial charge < -0.3 is 19.9 Å². The number of hydrogen-bond donors (Lipinski definition) is 1. The number of benzene rings is 1. The molecule has 0 aliphatic heterocycles. The number of ether oxygens (including phenoxy) is 3. The van der Waals surface area contributed by atoms with Gasteiger partial charge in [0.05, 0.1) is 13.7 Å². The van der Waals surface area contributed by atoms with Gasteiger partial charge in [0.15, 0.2) is 0 Å². The van der Waals surface area contributed by atoms with Crippen molar-refractivity contribution in [3.8, 4) is 11.5 Å². The summed E-state index contributed by atoms with van der Waals surface area (Å²) in [6, 6.07) is 5.79. The van der Waals surface area contributed by atoms with Crippen LogP contribution in [0.25, 0.3) is 0 Å². The van der Waals surface area contributed by atoms with E-state index in [1.807, 2.05) is 25.1 Å². The van der Waals surface area contributed by atoms with Crippen LogP contribution in [0.2, 0.25) is 0 Å². The van der Waals surface area contributed by atoms with E-state index in [1.165, 1.54) is 0 Å². The normalized spacial score (nSPS) is 12.2.